The maximum absolute atomic E-state index is 12.0. The lowest BCUT2D eigenvalue weighted by molar-refractivity contribution is -0.384. The fraction of sp³-hybridized carbons (Fsp3) is 0.250. The third-order valence-corrected chi connectivity index (χ3v) is 1.77. The molecule has 0 aliphatic heterocycles. The number of amides is 1. The molecule has 0 fully saturated rings. The molecule has 1 amide bonds. The van der Waals surface area contributed by atoms with Crippen LogP contribution in [0.3, 0.4) is 0 Å². The number of methoxy groups -OCH3 is 1. The maximum Gasteiger partial charge on any atom is 0.471 e. The van der Waals surface area contributed by atoms with Gasteiger partial charge in [-0.1, -0.05) is 0 Å². The number of nitro groups is 1. The number of ether oxygens (including phenoxy) is 1. The summed E-state index contributed by atoms with van der Waals surface area (Å²) in [6.07, 6.45) is -4.46. The summed E-state index contributed by atoms with van der Waals surface area (Å²) in [4.78, 5) is 23.7. The van der Waals surface area contributed by atoms with Crippen molar-refractivity contribution >= 4 is 17.3 Å². The zero-order valence-corrected chi connectivity index (χ0v) is 8.82. The monoisotopic (exact) mass is 265 g/mol. The summed E-state index contributed by atoms with van der Waals surface area (Å²) >= 11 is 0. The molecule has 1 rings (SSSR count). The van der Waals surface area contributed by atoms with Crippen molar-refractivity contribution in [2.24, 2.45) is 0 Å². The normalized spacial score (nSPS) is 10.9. The van der Waals surface area contributed by atoms with Crippen molar-refractivity contribution in [3.8, 4) is 5.88 Å². The lowest BCUT2D eigenvalue weighted by atomic mass is 10.3. The third-order valence-electron chi connectivity index (χ3n) is 1.77. The van der Waals surface area contributed by atoms with Crippen LogP contribution in [0.4, 0.5) is 24.5 Å². The lowest BCUT2D eigenvalue weighted by Crippen LogP contribution is -2.30. The fourth-order valence-electron chi connectivity index (χ4n) is 0.979. The molecule has 0 aromatic carbocycles. The molecule has 10 heteroatoms. The van der Waals surface area contributed by atoms with E-state index in [1.807, 2.05) is 0 Å². The number of hydrogen-bond donors (Lipinski definition) is 1. The first-order chi connectivity index (χ1) is 8.25. The van der Waals surface area contributed by atoms with Crippen LogP contribution < -0.4 is 10.1 Å². The molecule has 1 N–H and O–H groups in total. The summed E-state index contributed by atoms with van der Waals surface area (Å²) in [5, 5.41) is 11.9. The number of anilines is 1. The topological polar surface area (TPSA) is 94.4 Å². The van der Waals surface area contributed by atoms with Gasteiger partial charge in [0, 0.05) is 6.07 Å². The molecule has 0 aliphatic rings. The van der Waals surface area contributed by atoms with Crippen molar-refractivity contribution in [3.05, 3.63) is 22.4 Å². The molecule has 0 aliphatic carbocycles. The third kappa shape index (κ3) is 3.06. The Hall–Kier alpha value is -2.39. The van der Waals surface area contributed by atoms with Crippen molar-refractivity contribution in [2.75, 3.05) is 12.4 Å². The predicted octanol–water partition coefficient (Wildman–Crippen LogP) is 1.50. The van der Waals surface area contributed by atoms with E-state index in [-0.39, 0.29) is 5.88 Å². The van der Waals surface area contributed by atoms with Crippen LogP contribution in [0.1, 0.15) is 0 Å². The summed E-state index contributed by atoms with van der Waals surface area (Å²) in [6.45, 7) is 0. The zero-order valence-electron chi connectivity index (χ0n) is 8.82. The molecule has 1 aromatic heterocycles. The molecular weight excluding hydrogens is 259 g/mol. The molecule has 98 valence electrons. The molecule has 0 spiro atoms. The molecule has 0 bridgehead atoms. The lowest BCUT2D eigenvalue weighted by Gasteiger charge is -2.08. The molecule has 18 heavy (non-hydrogen) atoms. The second-order valence-electron chi connectivity index (χ2n) is 2.95. The number of alkyl halides is 3. The van der Waals surface area contributed by atoms with Gasteiger partial charge in [-0.25, -0.2) is 4.98 Å². The minimum Gasteiger partial charge on any atom is -0.481 e. The first-order valence-corrected chi connectivity index (χ1v) is 4.32. The van der Waals surface area contributed by atoms with Gasteiger partial charge in [0.05, 0.1) is 12.0 Å². The molecular formula is C8H6F3N3O4. The quantitative estimate of drug-likeness (QED) is 0.660. The molecule has 0 atom stereocenters. The van der Waals surface area contributed by atoms with Gasteiger partial charge in [0.25, 0.3) is 0 Å². The number of nitrogens with one attached hydrogen (secondary N) is 1. The predicted molar refractivity (Wildman–Crippen MR) is 52.1 cm³/mol. The number of aromatic nitrogens is 1. The van der Waals surface area contributed by atoms with E-state index in [4.69, 9.17) is 0 Å². The number of pyridine rings is 1. The van der Waals surface area contributed by atoms with Gasteiger partial charge in [0.2, 0.25) is 5.88 Å². The highest BCUT2D eigenvalue weighted by Gasteiger charge is 2.39. The van der Waals surface area contributed by atoms with E-state index in [0.29, 0.717) is 6.20 Å². The van der Waals surface area contributed by atoms with Crippen LogP contribution in [0.25, 0.3) is 0 Å². The zero-order chi connectivity index (χ0) is 13.9. The number of rotatable bonds is 3. The van der Waals surface area contributed by atoms with E-state index in [2.05, 4.69) is 9.72 Å². The van der Waals surface area contributed by atoms with E-state index in [9.17, 15) is 28.1 Å². The van der Waals surface area contributed by atoms with Gasteiger partial charge in [-0.2, -0.15) is 13.2 Å². The Balaban J connectivity index is 3.12. The smallest absolute Gasteiger partial charge is 0.471 e. The Morgan fingerprint density at radius 2 is 2.17 bits per heavy atom. The number of hydrogen-bond acceptors (Lipinski definition) is 5. The summed E-state index contributed by atoms with van der Waals surface area (Å²) in [5.74, 6) is -2.49. The summed E-state index contributed by atoms with van der Waals surface area (Å²) in [6, 6.07) is 0.821. The van der Waals surface area contributed by atoms with Crippen LogP contribution in [0.2, 0.25) is 0 Å². The van der Waals surface area contributed by atoms with Gasteiger partial charge in [-0.05, 0) is 0 Å². The molecule has 0 unspecified atom stereocenters. The molecule has 0 saturated carbocycles. The minimum absolute atomic E-state index is 0.168. The van der Waals surface area contributed by atoms with Crippen LogP contribution in [0.15, 0.2) is 12.3 Å². The molecule has 7 nitrogen and oxygen atoms in total. The summed E-state index contributed by atoms with van der Waals surface area (Å²) < 4.78 is 40.7. The van der Waals surface area contributed by atoms with Crippen molar-refractivity contribution in [1.82, 2.24) is 4.98 Å². The van der Waals surface area contributed by atoms with Crippen LogP contribution in [-0.2, 0) is 4.79 Å². The van der Waals surface area contributed by atoms with Crippen molar-refractivity contribution in [3.63, 3.8) is 0 Å². The van der Waals surface area contributed by atoms with E-state index in [1.54, 1.807) is 0 Å². The molecule has 0 saturated heterocycles. The van der Waals surface area contributed by atoms with Crippen molar-refractivity contribution in [1.29, 1.82) is 0 Å². The highest BCUT2D eigenvalue weighted by atomic mass is 19.4. The average molecular weight is 265 g/mol. The van der Waals surface area contributed by atoms with Crippen LogP contribution in [0.5, 0.6) is 5.88 Å². The standard InChI is InChI=1S/C8H6F3N3O4/c1-18-6-2-4(5(3-12-6)14(16)17)13-7(15)8(9,10)11/h2-3H,1H3,(H,12,13,15). The van der Waals surface area contributed by atoms with Gasteiger partial charge >= 0.3 is 17.8 Å². The van der Waals surface area contributed by atoms with Gasteiger partial charge < -0.3 is 10.1 Å². The molecule has 1 heterocycles. The highest BCUT2D eigenvalue weighted by molar-refractivity contribution is 5.96. The second-order valence-corrected chi connectivity index (χ2v) is 2.95. The molecule has 0 radical (unpaired) electrons. The van der Waals surface area contributed by atoms with Crippen LogP contribution >= 0.6 is 0 Å². The first-order valence-electron chi connectivity index (χ1n) is 4.32. The Morgan fingerprint density at radius 1 is 1.56 bits per heavy atom. The Kier molecular flexibility index (Phi) is 3.69. The second kappa shape index (κ2) is 4.85. The number of nitrogens with zero attached hydrogens (tertiary/aromatic N) is 2. The largest absolute Gasteiger partial charge is 0.481 e. The highest BCUT2D eigenvalue weighted by Crippen LogP contribution is 2.28. The van der Waals surface area contributed by atoms with Gasteiger partial charge in [-0.15, -0.1) is 0 Å². The van der Waals surface area contributed by atoms with E-state index >= 15 is 0 Å². The number of halogens is 3. The van der Waals surface area contributed by atoms with Crippen molar-refractivity contribution in [2.45, 2.75) is 6.18 Å². The van der Waals surface area contributed by atoms with Gasteiger partial charge in [0.1, 0.15) is 11.9 Å². The maximum atomic E-state index is 12.0. The SMILES string of the molecule is COc1cc(NC(=O)C(F)(F)F)c([N+](=O)[O-])cn1. The summed E-state index contributed by atoms with van der Waals surface area (Å²) in [7, 11) is 1.17. The van der Waals surface area contributed by atoms with Gasteiger partial charge in [-0.3, -0.25) is 14.9 Å². The average Bonchev–Trinajstić information content (AvgIpc) is 2.27. The van der Waals surface area contributed by atoms with Crippen LogP contribution in [0, 0.1) is 10.1 Å². The van der Waals surface area contributed by atoms with Crippen molar-refractivity contribution < 1.29 is 27.6 Å². The minimum atomic E-state index is -5.15. The van der Waals surface area contributed by atoms with Crippen LogP contribution in [-0.4, -0.2) is 29.1 Å². The Bertz CT molecular complexity index is 489. The Labute approximate surface area is 97.7 Å². The molecule has 1 aromatic rings. The van der Waals surface area contributed by atoms with E-state index < -0.39 is 28.4 Å². The van der Waals surface area contributed by atoms with E-state index in [1.165, 1.54) is 12.4 Å². The van der Waals surface area contributed by atoms with E-state index in [0.717, 1.165) is 6.07 Å². The number of carbonyl (C=O) groups excluding carboxylic acids is 1. The number of carbonyl (C=O) groups is 1. The summed E-state index contributed by atoms with van der Waals surface area (Å²) in [5.41, 5.74) is -1.41. The Morgan fingerprint density at radius 3 is 2.61 bits per heavy atom. The fourth-order valence-corrected chi connectivity index (χ4v) is 0.979. The first kappa shape index (κ1) is 13.7. The van der Waals surface area contributed by atoms with Gasteiger partial charge in [0.15, 0.2) is 0 Å².